The lowest BCUT2D eigenvalue weighted by molar-refractivity contribution is 0.262. The Morgan fingerprint density at radius 2 is 2.38 bits per heavy atom. The molecule has 0 aliphatic heterocycles. The maximum Gasteiger partial charge on any atom is 0.107 e. The van der Waals surface area contributed by atoms with Gasteiger partial charge in [-0.1, -0.05) is 6.92 Å². The Labute approximate surface area is 101 Å². The van der Waals surface area contributed by atoms with E-state index in [9.17, 15) is 0 Å². The van der Waals surface area contributed by atoms with Crippen LogP contribution in [-0.4, -0.2) is 22.7 Å². The highest BCUT2D eigenvalue weighted by atomic mass is 32.1. The molecule has 0 bridgehead atoms. The molecule has 2 rings (SSSR count). The van der Waals surface area contributed by atoms with Crippen LogP contribution in [0, 0.1) is 0 Å². The van der Waals surface area contributed by atoms with E-state index >= 15 is 0 Å². The first-order chi connectivity index (χ1) is 7.83. The summed E-state index contributed by atoms with van der Waals surface area (Å²) in [5, 5.41) is 13.6. The smallest absolute Gasteiger partial charge is 0.107 e. The van der Waals surface area contributed by atoms with Crippen LogP contribution in [-0.2, 0) is 19.4 Å². The second-order valence-electron chi connectivity index (χ2n) is 4.33. The Morgan fingerprint density at radius 3 is 3.06 bits per heavy atom. The average Bonchev–Trinajstić information content (AvgIpc) is 2.84. The van der Waals surface area contributed by atoms with Gasteiger partial charge in [-0.15, -0.1) is 11.3 Å². The Kier molecular flexibility index (Phi) is 4.32. The molecule has 90 valence electrons. The molecule has 4 heteroatoms. The first kappa shape index (κ1) is 12.0. The van der Waals surface area contributed by atoms with Crippen LogP contribution in [0.25, 0.3) is 0 Å². The van der Waals surface area contributed by atoms with E-state index in [2.05, 4.69) is 17.2 Å². The topological polar surface area (TPSA) is 45.1 Å². The fraction of sp³-hybridized carbons (Fsp3) is 0.750. The quantitative estimate of drug-likeness (QED) is 0.798. The van der Waals surface area contributed by atoms with Gasteiger partial charge in [-0.05, 0) is 32.1 Å². The maximum absolute atomic E-state index is 8.91. The molecule has 1 atom stereocenters. The third kappa shape index (κ3) is 2.81. The van der Waals surface area contributed by atoms with E-state index in [-0.39, 0.29) is 6.61 Å². The zero-order valence-electron chi connectivity index (χ0n) is 9.83. The Hall–Kier alpha value is -0.450. The summed E-state index contributed by atoms with van der Waals surface area (Å²) < 4.78 is 0. The summed E-state index contributed by atoms with van der Waals surface area (Å²) in [4.78, 5) is 6.14. The van der Waals surface area contributed by atoms with Crippen molar-refractivity contribution in [3.63, 3.8) is 0 Å². The summed E-state index contributed by atoms with van der Waals surface area (Å²) in [5.74, 6) is 0. The summed E-state index contributed by atoms with van der Waals surface area (Å²) in [7, 11) is 0. The molecule has 0 spiro atoms. The molecule has 1 unspecified atom stereocenters. The minimum absolute atomic E-state index is 0.264. The zero-order chi connectivity index (χ0) is 11.4. The van der Waals surface area contributed by atoms with E-state index in [1.807, 2.05) is 11.3 Å². The highest BCUT2D eigenvalue weighted by Gasteiger charge is 2.16. The van der Waals surface area contributed by atoms with Crippen LogP contribution in [0.5, 0.6) is 0 Å². The molecule has 1 aliphatic carbocycles. The van der Waals surface area contributed by atoms with Gasteiger partial charge in [-0.2, -0.15) is 0 Å². The molecule has 0 radical (unpaired) electrons. The van der Waals surface area contributed by atoms with Crippen LogP contribution >= 0.6 is 11.3 Å². The number of hydrogen-bond acceptors (Lipinski definition) is 4. The van der Waals surface area contributed by atoms with Crippen LogP contribution in [0.3, 0.4) is 0 Å². The molecule has 0 saturated heterocycles. The predicted molar refractivity (Wildman–Crippen MR) is 66.8 cm³/mol. The number of aliphatic hydroxyl groups excluding tert-OH is 1. The molecule has 0 saturated carbocycles. The number of rotatable bonds is 6. The molecular formula is C12H20N2OS. The lowest BCUT2D eigenvalue weighted by atomic mass is 10.1. The first-order valence-corrected chi connectivity index (χ1v) is 6.96. The molecule has 2 N–H and O–H groups in total. The van der Waals surface area contributed by atoms with Crippen LogP contribution in [0.4, 0.5) is 0 Å². The van der Waals surface area contributed by atoms with Crippen molar-refractivity contribution in [3.05, 3.63) is 15.6 Å². The number of nitrogens with zero attached hydrogens (tertiary/aromatic N) is 1. The maximum atomic E-state index is 8.91. The van der Waals surface area contributed by atoms with Gasteiger partial charge in [-0.3, -0.25) is 0 Å². The third-order valence-corrected chi connectivity index (χ3v) is 4.31. The number of aryl methyl sites for hydroxylation is 2. The van der Waals surface area contributed by atoms with E-state index in [0.717, 1.165) is 19.4 Å². The van der Waals surface area contributed by atoms with Gasteiger partial charge in [0.2, 0.25) is 0 Å². The normalized spacial score (nSPS) is 16.4. The minimum atomic E-state index is 0.264. The standard InChI is InChI=1S/C12H20N2OS/c1-2-9(6-7-15)13-8-12-14-10-4-3-5-11(10)16-12/h9,13,15H,2-8H2,1H3. The second kappa shape index (κ2) is 5.75. The predicted octanol–water partition coefficient (Wildman–Crippen LogP) is 1.88. The fourth-order valence-corrected chi connectivity index (χ4v) is 3.27. The Balaban J connectivity index is 1.84. The molecule has 16 heavy (non-hydrogen) atoms. The number of aliphatic hydroxyl groups is 1. The zero-order valence-corrected chi connectivity index (χ0v) is 10.6. The Bertz CT molecular complexity index is 316. The van der Waals surface area contributed by atoms with Gasteiger partial charge in [0.15, 0.2) is 0 Å². The molecule has 0 fully saturated rings. The summed E-state index contributed by atoms with van der Waals surface area (Å²) in [5.41, 5.74) is 1.33. The van der Waals surface area contributed by atoms with Crippen molar-refractivity contribution in [2.45, 2.75) is 51.6 Å². The number of nitrogens with one attached hydrogen (secondary N) is 1. The average molecular weight is 240 g/mol. The molecule has 1 aromatic rings. The van der Waals surface area contributed by atoms with Gasteiger partial charge in [0.05, 0.1) is 5.69 Å². The molecule has 3 nitrogen and oxygen atoms in total. The van der Waals surface area contributed by atoms with Crippen molar-refractivity contribution in [3.8, 4) is 0 Å². The van der Waals surface area contributed by atoms with Crippen LogP contribution < -0.4 is 5.32 Å². The first-order valence-electron chi connectivity index (χ1n) is 6.15. The van der Waals surface area contributed by atoms with Gasteiger partial charge < -0.3 is 10.4 Å². The second-order valence-corrected chi connectivity index (χ2v) is 5.50. The van der Waals surface area contributed by atoms with E-state index in [1.165, 1.54) is 34.8 Å². The van der Waals surface area contributed by atoms with Crippen molar-refractivity contribution >= 4 is 11.3 Å². The minimum Gasteiger partial charge on any atom is -0.396 e. The van der Waals surface area contributed by atoms with Crippen molar-refractivity contribution in [1.29, 1.82) is 0 Å². The monoisotopic (exact) mass is 240 g/mol. The third-order valence-electron chi connectivity index (χ3n) is 3.15. The van der Waals surface area contributed by atoms with Crippen molar-refractivity contribution < 1.29 is 5.11 Å². The summed E-state index contributed by atoms with van der Waals surface area (Å²) >= 11 is 1.86. The number of hydrogen-bond donors (Lipinski definition) is 2. The molecule has 0 aromatic carbocycles. The lowest BCUT2D eigenvalue weighted by Gasteiger charge is -2.14. The summed E-state index contributed by atoms with van der Waals surface area (Å²) in [6, 6.07) is 0.420. The van der Waals surface area contributed by atoms with Gasteiger partial charge >= 0.3 is 0 Å². The molecule has 1 aromatic heterocycles. The van der Waals surface area contributed by atoms with Gasteiger partial charge in [0.25, 0.3) is 0 Å². The van der Waals surface area contributed by atoms with Crippen LogP contribution in [0.15, 0.2) is 0 Å². The molecule has 0 amide bonds. The van der Waals surface area contributed by atoms with Crippen molar-refractivity contribution in [2.24, 2.45) is 0 Å². The van der Waals surface area contributed by atoms with Crippen LogP contribution in [0.1, 0.15) is 41.8 Å². The molecule has 1 heterocycles. The van der Waals surface area contributed by atoms with Gasteiger partial charge in [0, 0.05) is 24.1 Å². The largest absolute Gasteiger partial charge is 0.396 e. The van der Waals surface area contributed by atoms with Gasteiger partial charge in [-0.25, -0.2) is 4.98 Å². The van der Waals surface area contributed by atoms with E-state index in [1.54, 1.807) is 0 Å². The molecular weight excluding hydrogens is 220 g/mol. The number of thiazole rings is 1. The number of aromatic nitrogens is 1. The van der Waals surface area contributed by atoms with Gasteiger partial charge in [0.1, 0.15) is 5.01 Å². The SMILES string of the molecule is CCC(CCO)NCc1nc2c(s1)CCC2. The fourth-order valence-electron chi connectivity index (χ4n) is 2.16. The summed E-state index contributed by atoms with van der Waals surface area (Å²) in [6.45, 7) is 3.27. The van der Waals surface area contributed by atoms with E-state index in [0.29, 0.717) is 6.04 Å². The van der Waals surface area contributed by atoms with Crippen LogP contribution in [0.2, 0.25) is 0 Å². The molecule has 1 aliphatic rings. The summed E-state index contributed by atoms with van der Waals surface area (Å²) in [6.07, 6.45) is 5.57. The number of fused-ring (bicyclic) bond motifs is 1. The van der Waals surface area contributed by atoms with E-state index in [4.69, 9.17) is 5.11 Å². The van der Waals surface area contributed by atoms with E-state index < -0.39 is 0 Å². The van der Waals surface area contributed by atoms with Crippen molar-refractivity contribution in [1.82, 2.24) is 10.3 Å². The van der Waals surface area contributed by atoms with Crippen molar-refractivity contribution in [2.75, 3.05) is 6.61 Å². The highest BCUT2D eigenvalue weighted by Crippen LogP contribution is 2.27. The Morgan fingerprint density at radius 1 is 1.50 bits per heavy atom. The highest BCUT2D eigenvalue weighted by molar-refractivity contribution is 7.11. The lowest BCUT2D eigenvalue weighted by Crippen LogP contribution is -2.28.